The fraction of sp³-hybridized carbons (Fsp3) is 0.520. The summed E-state index contributed by atoms with van der Waals surface area (Å²) in [4.78, 5) is 20.4. The average Bonchev–Trinajstić information content (AvgIpc) is 3.08. The van der Waals surface area contributed by atoms with Crippen molar-refractivity contribution in [1.29, 1.82) is 0 Å². The fourth-order valence-electron chi connectivity index (χ4n) is 5.40. The third-order valence-electron chi connectivity index (χ3n) is 7.79. The Balaban J connectivity index is 1.57. The number of amides is 2. The van der Waals surface area contributed by atoms with E-state index in [1.54, 1.807) is 0 Å². The number of carbonyl (C=O) groups is 1. The summed E-state index contributed by atoms with van der Waals surface area (Å²) in [6.45, 7) is 2.44. The van der Waals surface area contributed by atoms with Gasteiger partial charge < -0.3 is 10.4 Å². The average molecular weight is 513 g/mol. The first-order valence-corrected chi connectivity index (χ1v) is 11.6. The van der Waals surface area contributed by atoms with E-state index >= 15 is 0 Å². The molecule has 4 rings (SSSR count). The normalized spacial score (nSPS) is 26.4. The Bertz CT molecular complexity index is 1150. The molecule has 2 fully saturated rings. The first-order chi connectivity index (χ1) is 16.6. The van der Waals surface area contributed by atoms with Gasteiger partial charge in [0.2, 0.25) is 0 Å². The molecule has 36 heavy (non-hydrogen) atoms. The van der Waals surface area contributed by atoms with Gasteiger partial charge in [0.25, 0.3) is 0 Å². The van der Waals surface area contributed by atoms with E-state index in [4.69, 9.17) is 0 Å². The zero-order valence-corrected chi connectivity index (χ0v) is 20.5. The second-order valence-electron chi connectivity index (χ2n) is 10.3. The van der Waals surface area contributed by atoms with E-state index in [1.807, 2.05) is 19.0 Å². The highest BCUT2D eigenvalue weighted by Gasteiger charge is 2.53. The number of benzene rings is 1. The quantitative estimate of drug-likeness (QED) is 0.581. The molecule has 196 valence electrons. The number of nitrogens with one attached hydrogen (secondary N) is 1. The lowest BCUT2D eigenvalue weighted by molar-refractivity contribution is -0.259. The van der Waals surface area contributed by atoms with Gasteiger partial charge in [-0.25, -0.2) is 18.6 Å². The summed E-state index contributed by atoms with van der Waals surface area (Å²) in [5.41, 5.74) is -3.88. The van der Waals surface area contributed by atoms with Crippen LogP contribution >= 0.6 is 0 Å². The molecule has 1 aromatic carbocycles. The molecule has 1 aliphatic heterocycles. The Morgan fingerprint density at radius 1 is 1.06 bits per heavy atom. The van der Waals surface area contributed by atoms with E-state index in [2.05, 4.69) is 10.3 Å². The molecule has 1 aromatic heterocycles. The van der Waals surface area contributed by atoms with Crippen LogP contribution in [0.2, 0.25) is 0 Å². The Morgan fingerprint density at radius 3 is 2.14 bits per heavy atom. The molecule has 2 amide bonds. The maximum Gasteiger partial charge on any atom is 0.421 e. The zero-order chi connectivity index (χ0) is 26.7. The van der Waals surface area contributed by atoms with Gasteiger partial charge in [-0.2, -0.15) is 13.2 Å². The van der Waals surface area contributed by atoms with Crippen molar-refractivity contribution in [3.8, 4) is 0 Å². The van der Waals surface area contributed by atoms with Gasteiger partial charge in [0, 0.05) is 23.4 Å². The molecule has 1 aliphatic carbocycles. The summed E-state index contributed by atoms with van der Waals surface area (Å²) in [7, 11) is 3.70. The number of aryl methyl sites for hydroxylation is 1. The Morgan fingerprint density at radius 2 is 1.64 bits per heavy atom. The Labute approximate surface area is 206 Å². The summed E-state index contributed by atoms with van der Waals surface area (Å²) in [6, 6.07) is 4.28. The number of hydrogen-bond donors (Lipinski definition) is 2. The van der Waals surface area contributed by atoms with E-state index in [9.17, 15) is 31.9 Å². The van der Waals surface area contributed by atoms with E-state index in [0.717, 1.165) is 12.3 Å². The molecule has 1 saturated carbocycles. The second kappa shape index (κ2) is 8.65. The van der Waals surface area contributed by atoms with Gasteiger partial charge in [-0.1, -0.05) is 0 Å². The molecule has 11 heteroatoms. The monoisotopic (exact) mass is 512 g/mol. The number of alkyl halides is 3. The number of carbonyl (C=O) groups excluding carboxylic acids is 1. The Hall–Kier alpha value is -2.79. The van der Waals surface area contributed by atoms with E-state index in [1.165, 1.54) is 30.0 Å². The summed E-state index contributed by atoms with van der Waals surface area (Å²) < 4.78 is 67.7. The molecule has 0 bridgehead atoms. The number of halogens is 5. The summed E-state index contributed by atoms with van der Waals surface area (Å²) in [5.74, 6) is -1.09. The number of anilines is 1. The zero-order valence-electron chi connectivity index (χ0n) is 20.5. The summed E-state index contributed by atoms with van der Waals surface area (Å²) in [6.07, 6.45) is -1.86. The first-order valence-electron chi connectivity index (χ1n) is 11.6. The van der Waals surface area contributed by atoms with Gasteiger partial charge in [-0.3, -0.25) is 9.80 Å². The number of aromatic nitrogens is 1. The maximum atomic E-state index is 14.0. The van der Waals surface area contributed by atoms with Crippen LogP contribution in [-0.4, -0.2) is 53.4 Å². The van der Waals surface area contributed by atoms with Crippen LogP contribution in [0.25, 0.3) is 0 Å². The number of aliphatic hydroxyl groups is 1. The molecule has 1 unspecified atom stereocenters. The van der Waals surface area contributed by atoms with Crippen LogP contribution in [0.15, 0.2) is 30.5 Å². The third-order valence-corrected chi connectivity index (χ3v) is 7.79. The van der Waals surface area contributed by atoms with Gasteiger partial charge in [0.15, 0.2) is 5.60 Å². The molecule has 2 heterocycles. The fourth-order valence-corrected chi connectivity index (χ4v) is 5.40. The minimum atomic E-state index is -4.89. The van der Waals surface area contributed by atoms with Crippen molar-refractivity contribution in [3.63, 3.8) is 0 Å². The minimum Gasteiger partial charge on any atom is -0.376 e. The SMILES string of the molecule is Cc1cc(C(C)(O)C(F)(F)F)cnc1N1CC2(CCC(c3cc(F)cc(F)c3)(N(C)C)CC2)NC1=O. The van der Waals surface area contributed by atoms with Gasteiger partial charge in [-0.15, -0.1) is 0 Å². The molecule has 6 nitrogen and oxygen atoms in total. The van der Waals surface area contributed by atoms with Crippen molar-refractivity contribution >= 4 is 11.8 Å². The summed E-state index contributed by atoms with van der Waals surface area (Å²) >= 11 is 0. The molecule has 0 radical (unpaired) electrons. The van der Waals surface area contributed by atoms with Crippen LogP contribution < -0.4 is 10.2 Å². The van der Waals surface area contributed by atoms with Crippen molar-refractivity contribution < 1.29 is 31.9 Å². The van der Waals surface area contributed by atoms with Crippen molar-refractivity contribution in [2.24, 2.45) is 0 Å². The van der Waals surface area contributed by atoms with Crippen molar-refractivity contribution in [2.45, 2.75) is 62.4 Å². The number of urea groups is 1. The Kier molecular flexibility index (Phi) is 6.32. The van der Waals surface area contributed by atoms with Crippen molar-refractivity contribution in [1.82, 2.24) is 15.2 Å². The summed E-state index contributed by atoms with van der Waals surface area (Å²) in [5, 5.41) is 13.0. The third kappa shape index (κ3) is 4.32. The molecule has 1 saturated heterocycles. The van der Waals surface area contributed by atoms with E-state index in [-0.39, 0.29) is 12.4 Å². The minimum absolute atomic E-state index is 0.211. The molecule has 1 atom stereocenters. The van der Waals surface area contributed by atoms with Gasteiger partial charge >= 0.3 is 12.2 Å². The number of pyridine rings is 1. The van der Waals surface area contributed by atoms with E-state index < -0.39 is 46.1 Å². The predicted molar refractivity (Wildman–Crippen MR) is 123 cm³/mol. The molecule has 1 spiro atoms. The first kappa shape index (κ1) is 26.3. The maximum absolute atomic E-state index is 14.0. The van der Waals surface area contributed by atoms with Crippen LogP contribution in [0.1, 0.15) is 49.3 Å². The number of hydrogen-bond acceptors (Lipinski definition) is 4. The molecular formula is C25H29F5N4O2. The lowest BCUT2D eigenvalue weighted by atomic mass is 9.69. The van der Waals surface area contributed by atoms with Crippen LogP contribution in [-0.2, 0) is 11.1 Å². The standard InChI is InChI=1S/C25H29F5N4O2/c1-15-9-17(22(2,36)25(28,29)30)13-31-20(15)34-14-23(32-21(34)35)5-7-24(8-6-23,33(3)4)16-10-18(26)12-19(27)11-16/h9-13,36H,5-8,14H2,1-4H3,(H,32,35). The van der Waals surface area contributed by atoms with Crippen LogP contribution in [0, 0.1) is 18.6 Å². The van der Waals surface area contributed by atoms with Gasteiger partial charge in [0.05, 0.1) is 12.1 Å². The second-order valence-corrected chi connectivity index (χ2v) is 10.3. The highest BCUT2D eigenvalue weighted by atomic mass is 19.4. The highest BCUT2D eigenvalue weighted by Crippen LogP contribution is 2.47. The van der Waals surface area contributed by atoms with Gasteiger partial charge in [-0.05, 0) is 83.0 Å². The topological polar surface area (TPSA) is 68.7 Å². The van der Waals surface area contributed by atoms with Crippen LogP contribution in [0.5, 0.6) is 0 Å². The molecule has 2 aliphatic rings. The smallest absolute Gasteiger partial charge is 0.376 e. The lowest BCUT2D eigenvalue weighted by Crippen LogP contribution is -2.54. The largest absolute Gasteiger partial charge is 0.421 e. The van der Waals surface area contributed by atoms with Crippen molar-refractivity contribution in [2.75, 3.05) is 25.5 Å². The van der Waals surface area contributed by atoms with Crippen LogP contribution in [0.4, 0.5) is 32.6 Å². The predicted octanol–water partition coefficient (Wildman–Crippen LogP) is 4.74. The number of nitrogens with zero attached hydrogens (tertiary/aromatic N) is 3. The van der Waals surface area contributed by atoms with E-state index in [0.29, 0.717) is 43.7 Å². The highest BCUT2D eigenvalue weighted by molar-refractivity contribution is 5.95. The van der Waals surface area contributed by atoms with Crippen molar-refractivity contribution in [3.05, 3.63) is 58.8 Å². The number of rotatable bonds is 4. The lowest BCUT2D eigenvalue weighted by Gasteiger charge is -2.48. The molecule has 2 N–H and O–H groups in total. The molecular weight excluding hydrogens is 483 g/mol. The van der Waals surface area contributed by atoms with Crippen LogP contribution in [0.3, 0.4) is 0 Å². The van der Waals surface area contributed by atoms with Gasteiger partial charge in [0.1, 0.15) is 17.5 Å². The molecule has 2 aromatic rings.